The molecular formula is C19H20F3N3O4S2. The van der Waals surface area contributed by atoms with Crippen LogP contribution in [-0.4, -0.2) is 66.8 Å². The molecule has 7 nitrogen and oxygen atoms in total. The van der Waals surface area contributed by atoms with Crippen LogP contribution in [0.15, 0.2) is 53.7 Å². The predicted octanol–water partition coefficient (Wildman–Crippen LogP) is 2.75. The number of carbonyl (C=O) groups is 1. The van der Waals surface area contributed by atoms with Crippen LogP contribution in [0.3, 0.4) is 0 Å². The summed E-state index contributed by atoms with van der Waals surface area (Å²) >= 11 is 1.46. The minimum absolute atomic E-state index is 0.0698. The van der Waals surface area contributed by atoms with Crippen LogP contribution in [0.4, 0.5) is 13.2 Å². The number of piperazine rings is 1. The Hall–Kier alpha value is -2.31. The second kappa shape index (κ2) is 9.88. The summed E-state index contributed by atoms with van der Waals surface area (Å²) in [6.07, 6.45) is -1.43. The Morgan fingerprint density at radius 1 is 1.10 bits per heavy atom. The van der Waals surface area contributed by atoms with Crippen LogP contribution >= 0.6 is 11.8 Å². The molecule has 1 aromatic carbocycles. The molecular weight excluding hydrogens is 455 g/mol. The van der Waals surface area contributed by atoms with Crippen molar-refractivity contribution >= 4 is 27.7 Å². The van der Waals surface area contributed by atoms with E-state index in [4.69, 9.17) is 0 Å². The Labute approximate surface area is 182 Å². The van der Waals surface area contributed by atoms with Crippen LogP contribution in [-0.2, 0) is 20.6 Å². The van der Waals surface area contributed by atoms with Crippen LogP contribution in [0.5, 0.6) is 5.75 Å². The largest absolute Gasteiger partial charge is 0.573 e. The molecule has 2 heterocycles. The molecule has 0 bridgehead atoms. The first kappa shape index (κ1) is 23.4. The number of aromatic nitrogens is 1. The smallest absolute Gasteiger partial charge is 0.406 e. The predicted molar refractivity (Wildman–Crippen MR) is 109 cm³/mol. The third-order valence-corrected chi connectivity index (χ3v) is 7.40. The summed E-state index contributed by atoms with van der Waals surface area (Å²) in [5.41, 5.74) is 1.02. The summed E-state index contributed by atoms with van der Waals surface area (Å²) < 4.78 is 67.2. The third kappa shape index (κ3) is 6.58. The van der Waals surface area contributed by atoms with Crippen LogP contribution in [0, 0.1) is 0 Å². The Morgan fingerprint density at radius 2 is 1.77 bits per heavy atom. The number of rotatable bonds is 7. The van der Waals surface area contributed by atoms with Crippen molar-refractivity contribution in [1.82, 2.24) is 14.2 Å². The molecule has 2 aromatic rings. The molecule has 1 amide bonds. The van der Waals surface area contributed by atoms with E-state index >= 15 is 0 Å². The summed E-state index contributed by atoms with van der Waals surface area (Å²) in [5, 5.41) is 0. The number of pyridine rings is 1. The summed E-state index contributed by atoms with van der Waals surface area (Å²) in [6, 6.07) is 7.81. The second-order valence-electron chi connectivity index (χ2n) is 6.66. The van der Waals surface area contributed by atoms with Gasteiger partial charge in [0, 0.05) is 44.3 Å². The van der Waals surface area contributed by atoms with Gasteiger partial charge in [0.15, 0.2) is 0 Å². The van der Waals surface area contributed by atoms with Crippen molar-refractivity contribution in [3.63, 3.8) is 0 Å². The number of hydrogen-bond acceptors (Lipinski definition) is 6. The van der Waals surface area contributed by atoms with Gasteiger partial charge in [0.1, 0.15) is 5.75 Å². The molecule has 0 aliphatic carbocycles. The highest BCUT2D eigenvalue weighted by molar-refractivity contribution is 7.99. The van der Waals surface area contributed by atoms with Gasteiger partial charge in [0.05, 0.1) is 10.6 Å². The van der Waals surface area contributed by atoms with Crippen LogP contribution < -0.4 is 4.74 Å². The van der Waals surface area contributed by atoms with Gasteiger partial charge in [-0.1, -0.05) is 6.07 Å². The normalized spacial score (nSPS) is 15.6. The van der Waals surface area contributed by atoms with Gasteiger partial charge in [0.2, 0.25) is 15.9 Å². The highest BCUT2D eigenvalue weighted by atomic mass is 32.2. The molecule has 1 aliphatic heterocycles. The molecule has 31 heavy (non-hydrogen) atoms. The number of nitrogens with zero attached hydrogens (tertiary/aromatic N) is 3. The van der Waals surface area contributed by atoms with E-state index in [0.717, 1.165) is 29.8 Å². The fraction of sp³-hybridized carbons (Fsp3) is 0.368. The van der Waals surface area contributed by atoms with E-state index in [1.165, 1.54) is 16.1 Å². The monoisotopic (exact) mass is 475 g/mol. The molecule has 1 saturated heterocycles. The molecule has 0 atom stereocenters. The average molecular weight is 476 g/mol. The maximum Gasteiger partial charge on any atom is 0.573 e. The Bertz CT molecular complexity index is 979. The molecule has 0 radical (unpaired) electrons. The summed E-state index contributed by atoms with van der Waals surface area (Å²) in [5.74, 6) is 0.370. The number of halogens is 3. The van der Waals surface area contributed by atoms with Crippen molar-refractivity contribution in [2.45, 2.75) is 17.0 Å². The van der Waals surface area contributed by atoms with Crippen molar-refractivity contribution in [1.29, 1.82) is 0 Å². The standard InChI is InChI=1S/C19H20F3N3O4S2/c20-19(21,22)29-16-3-5-17(6-4-16)31(27,28)25-10-8-24(9-11-25)18(26)14-30-13-15-2-1-7-23-12-15/h1-7,12H,8-11,13-14H2. The number of alkyl halides is 3. The molecule has 1 fully saturated rings. The van der Waals surface area contributed by atoms with Gasteiger partial charge in [-0.05, 0) is 35.9 Å². The number of hydrogen-bond donors (Lipinski definition) is 0. The Balaban J connectivity index is 1.50. The zero-order valence-corrected chi connectivity index (χ0v) is 17.9. The minimum atomic E-state index is -4.85. The molecule has 0 spiro atoms. The molecule has 0 unspecified atom stereocenters. The molecule has 0 N–H and O–H groups in total. The van der Waals surface area contributed by atoms with E-state index in [0.29, 0.717) is 5.75 Å². The second-order valence-corrected chi connectivity index (χ2v) is 9.58. The van der Waals surface area contributed by atoms with Crippen molar-refractivity contribution in [2.24, 2.45) is 0 Å². The fourth-order valence-electron chi connectivity index (χ4n) is 2.97. The quantitative estimate of drug-likeness (QED) is 0.613. The van der Waals surface area contributed by atoms with E-state index in [1.54, 1.807) is 17.3 Å². The van der Waals surface area contributed by atoms with E-state index in [9.17, 15) is 26.4 Å². The lowest BCUT2D eigenvalue weighted by molar-refractivity contribution is -0.274. The number of sulfonamides is 1. The van der Waals surface area contributed by atoms with Gasteiger partial charge in [-0.2, -0.15) is 4.31 Å². The van der Waals surface area contributed by atoms with E-state index in [2.05, 4.69) is 9.72 Å². The Kier molecular flexibility index (Phi) is 7.44. The molecule has 0 saturated carbocycles. The Morgan fingerprint density at radius 3 is 2.35 bits per heavy atom. The van der Waals surface area contributed by atoms with Gasteiger partial charge in [-0.15, -0.1) is 24.9 Å². The van der Waals surface area contributed by atoms with Crippen molar-refractivity contribution in [3.05, 3.63) is 54.4 Å². The van der Waals surface area contributed by atoms with Gasteiger partial charge in [-0.25, -0.2) is 8.42 Å². The molecule has 1 aromatic heterocycles. The number of amides is 1. The van der Waals surface area contributed by atoms with E-state index < -0.39 is 22.1 Å². The summed E-state index contributed by atoms with van der Waals surface area (Å²) in [6.45, 7) is 0.728. The number of thioether (sulfide) groups is 1. The van der Waals surface area contributed by atoms with Gasteiger partial charge in [0.25, 0.3) is 0 Å². The van der Waals surface area contributed by atoms with E-state index in [1.807, 2.05) is 12.1 Å². The maximum absolute atomic E-state index is 12.7. The molecule has 12 heteroatoms. The SMILES string of the molecule is O=C(CSCc1cccnc1)N1CCN(S(=O)(=O)c2ccc(OC(F)(F)F)cc2)CC1. The van der Waals surface area contributed by atoms with Crippen LogP contribution in [0.1, 0.15) is 5.56 Å². The molecule has 1 aliphatic rings. The fourth-order valence-corrected chi connectivity index (χ4v) is 5.26. The first-order valence-corrected chi connectivity index (χ1v) is 11.8. The number of carbonyl (C=O) groups excluding carboxylic acids is 1. The van der Waals surface area contributed by atoms with Gasteiger partial charge < -0.3 is 9.64 Å². The van der Waals surface area contributed by atoms with Crippen molar-refractivity contribution in [2.75, 3.05) is 31.9 Å². The first-order chi connectivity index (χ1) is 14.6. The zero-order valence-electron chi connectivity index (χ0n) is 16.3. The lowest BCUT2D eigenvalue weighted by atomic mass is 10.3. The maximum atomic E-state index is 12.7. The molecule has 168 valence electrons. The third-order valence-electron chi connectivity index (χ3n) is 4.50. The van der Waals surface area contributed by atoms with Crippen molar-refractivity contribution in [3.8, 4) is 5.75 Å². The topological polar surface area (TPSA) is 79.8 Å². The molecule has 3 rings (SSSR count). The van der Waals surface area contributed by atoms with Gasteiger partial charge >= 0.3 is 6.36 Å². The lowest BCUT2D eigenvalue weighted by Gasteiger charge is -2.34. The number of benzene rings is 1. The van der Waals surface area contributed by atoms with Crippen LogP contribution in [0.25, 0.3) is 0 Å². The minimum Gasteiger partial charge on any atom is -0.406 e. The van der Waals surface area contributed by atoms with Crippen LogP contribution in [0.2, 0.25) is 0 Å². The number of ether oxygens (including phenoxy) is 1. The lowest BCUT2D eigenvalue weighted by Crippen LogP contribution is -2.50. The van der Waals surface area contributed by atoms with Gasteiger partial charge in [-0.3, -0.25) is 9.78 Å². The van der Waals surface area contributed by atoms with Crippen molar-refractivity contribution < 1.29 is 31.1 Å². The zero-order chi connectivity index (χ0) is 22.5. The highest BCUT2D eigenvalue weighted by Crippen LogP contribution is 2.25. The van der Waals surface area contributed by atoms with E-state index in [-0.39, 0.29) is 42.7 Å². The summed E-state index contributed by atoms with van der Waals surface area (Å²) in [4.78, 5) is 17.9. The highest BCUT2D eigenvalue weighted by Gasteiger charge is 2.32. The first-order valence-electron chi connectivity index (χ1n) is 9.25. The average Bonchev–Trinajstić information content (AvgIpc) is 2.74. The summed E-state index contributed by atoms with van der Waals surface area (Å²) in [7, 11) is -3.88.